The number of alkyl halides is 2. The molecule has 0 aliphatic carbocycles. The molecular formula is C17H22ClF2N7. The van der Waals surface area contributed by atoms with Gasteiger partial charge in [-0.1, -0.05) is 11.6 Å². The van der Waals surface area contributed by atoms with Gasteiger partial charge in [0.2, 0.25) is 0 Å². The minimum Gasteiger partial charge on any atom is -0.357 e. The van der Waals surface area contributed by atoms with E-state index in [2.05, 4.69) is 30.5 Å². The second-order valence-electron chi connectivity index (χ2n) is 6.11. The van der Waals surface area contributed by atoms with Gasteiger partial charge in [0.05, 0.1) is 5.02 Å². The molecule has 27 heavy (non-hydrogen) atoms. The van der Waals surface area contributed by atoms with E-state index in [-0.39, 0.29) is 18.4 Å². The van der Waals surface area contributed by atoms with Crippen molar-refractivity contribution in [2.45, 2.75) is 32.5 Å². The number of hydrogen-bond acceptors (Lipinski definition) is 4. The van der Waals surface area contributed by atoms with Crippen LogP contribution < -0.4 is 15.5 Å². The zero-order chi connectivity index (χ0) is 19.2. The van der Waals surface area contributed by atoms with Gasteiger partial charge in [0.15, 0.2) is 5.96 Å². The molecule has 7 nitrogen and oxygen atoms in total. The molecule has 2 aromatic rings. The molecule has 0 radical (unpaired) electrons. The van der Waals surface area contributed by atoms with E-state index in [1.165, 1.54) is 12.4 Å². The van der Waals surface area contributed by atoms with Gasteiger partial charge >= 0.3 is 6.55 Å². The number of nitrogens with one attached hydrogen (secondary N) is 2. The first kappa shape index (κ1) is 19.3. The summed E-state index contributed by atoms with van der Waals surface area (Å²) in [5.74, 6) is 1.56. The average molecular weight is 398 g/mol. The van der Waals surface area contributed by atoms with Crippen molar-refractivity contribution >= 4 is 23.4 Å². The van der Waals surface area contributed by atoms with Crippen molar-refractivity contribution in [3.63, 3.8) is 0 Å². The maximum Gasteiger partial charge on any atom is 0.319 e. The minimum atomic E-state index is -2.63. The first-order chi connectivity index (χ1) is 13.1. The van der Waals surface area contributed by atoms with Gasteiger partial charge < -0.3 is 15.5 Å². The van der Waals surface area contributed by atoms with Crippen molar-refractivity contribution in [2.24, 2.45) is 4.99 Å². The molecular weight excluding hydrogens is 376 g/mol. The van der Waals surface area contributed by atoms with Gasteiger partial charge in [0, 0.05) is 44.3 Å². The van der Waals surface area contributed by atoms with E-state index in [9.17, 15) is 8.78 Å². The Morgan fingerprint density at radius 2 is 2.26 bits per heavy atom. The lowest BCUT2D eigenvalue weighted by atomic mass is 10.3. The lowest BCUT2D eigenvalue weighted by Gasteiger charge is -2.20. The molecule has 2 aromatic heterocycles. The summed E-state index contributed by atoms with van der Waals surface area (Å²) in [5, 5.41) is 7.11. The van der Waals surface area contributed by atoms with Crippen molar-refractivity contribution in [1.29, 1.82) is 0 Å². The normalized spacial score (nSPS) is 17.6. The number of guanidine groups is 1. The molecule has 0 amide bonds. The van der Waals surface area contributed by atoms with E-state index in [0.717, 1.165) is 29.9 Å². The van der Waals surface area contributed by atoms with Crippen LogP contribution in [0.1, 0.15) is 25.7 Å². The molecule has 1 unspecified atom stereocenters. The van der Waals surface area contributed by atoms with Gasteiger partial charge in [-0.15, -0.1) is 0 Å². The Balaban J connectivity index is 1.63. The van der Waals surface area contributed by atoms with Crippen LogP contribution in [0.5, 0.6) is 0 Å². The van der Waals surface area contributed by atoms with Gasteiger partial charge in [0.1, 0.15) is 18.2 Å². The number of aliphatic imine (C=N–C) groups is 1. The van der Waals surface area contributed by atoms with Crippen molar-refractivity contribution in [3.8, 4) is 0 Å². The molecule has 1 aliphatic heterocycles. The number of hydrogen-bond donors (Lipinski definition) is 2. The number of pyridine rings is 1. The first-order valence-electron chi connectivity index (χ1n) is 8.78. The largest absolute Gasteiger partial charge is 0.357 e. The summed E-state index contributed by atoms with van der Waals surface area (Å²) in [5.41, 5.74) is 0. The third-order valence-corrected chi connectivity index (χ3v) is 4.54. The third-order valence-electron chi connectivity index (χ3n) is 4.25. The Morgan fingerprint density at radius 3 is 3.00 bits per heavy atom. The molecule has 10 heteroatoms. The summed E-state index contributed by atoms with van der Waals surface area (Å²) in [6.07, 6.45) is 5.21. The molecule has 2 N–H and O–H groups in total. The summed E-state index contributed by atoms with van der Waals surface area (Å²) in [6, 6.07) is 3.77. The van der Waals surface area contributed by atoms with Crippen LogP contribution >= 0.6 is 11.6 Å². The Bertz CT molecular complexity index is 780. The monoisotopic (exact) mass is 397 g/mol. The number of aromatic nitrogens is 3. The molecule has 0 spiro atoms. The standard InChI is InChI=1S/C17H22ClF2N7/c1-2-21-17(24-10-14-22-7-9-27(14)16(19)20)25-12-5-8-26(11-12)15-13(18)4-3-6-23-15/h3-4,6-7,9,12,16H,2,5,8,10-11H2,1H3,(H2,21,24,25). The van der Waals surface area contributed by atoms with Crippen LogP contribution in [-0.2, 0) is 6.54 Å². The molecule has 1 saturated heterocycles. The predicted octanol–water partition coefficient (Wildman–Crippen LogP) is 2.66. The summed E-state index contributed by atoms with van der Waals surface area (Å²) in [4.78, 5) is 14.8. The van der Waals surface area contributed by atoms with E-state index < -0.39 is 6.55 Å². The van der Waals surface area contributed by atoms with E-state index in [0.29, 0.717) is 17.5 Å². The Morgan fingerprint density at radius 1 is 1.41 bits per heavy atom. The smallest absolute Gasteiger partial charge is 0.319 e. The Hall–Kier alpha value is -2.42. The molecule has 1 fully saturated rings. The molecule has 0 aromatic carbocycles. The minimum absolute atomic E-state index is 0.0647. The number of halogens is 3. The summed E-state index contributed by atoms with van der Waals surface area (Å²) in [6.45, 7) is 1.61. The SMILES string of the molecule is CCNC(=NCc1nccn1C(F)F)NC1CCN(c2ncccc2Cl)C1. The zero-order valence-electron chi connectivity index (χ0n) is 14.9. The van der Waals surface area contributed by atoms with E-state index in [4.69, 9.17) is 11.6 Å². The van der Waals surface area contributed by atoms with Gasteiger partial charge in [-0.2, -0.15) is 8.78 Å². The van der Waals surface area contributed by atoms with Gasteiger partial charge in [0.25, 0.3) is 0 Å². The quantitative estimate of drug-likeness (QED) is 0.579. The Kier molecular flexibility index (Phi) is 6.44. The van der Waals surface area contributed by atoms with E-state index in [1.54, 1.807) is 12.3 Å². The molecule has 0 bridgehead atoms. The Labute approximate surface area is 161 Å². The molecule has 3 heterocycles. The third kappa shape index (κ3) is 4.85. The van der Waals surface area contributed by atoms with E-state index >= 15 is 0 Å². The summed E-state index contributed by atoms with van der Waals surface area (Å²) >= 11 is 6.22. The molecule has 1 atom stereocenters. The van der Waals surface area contributed by atoms with Crippen LogP contribution in [0.2, 0.25) is 5.02 Å². The highest BCUT2D eigenvalue weighted by Crippen LogP contribution is 2.25. The predicted molar refractivity (Wildman–Crippen MR) is 101 cm³/mol. The van der Waals surface area contributed by atoms with Crippen LogP contribution in [0.15, 0.2) is 35.7 Å². The zero-order valence-corrected chi connectivity index (χ0v) is 15.7. The fourth-order valence-corrected chi connectivity index (χ4v) is 3.23. The highest BCUT2D eigenvalue weighted by Gasteiger charge is 2.25. The average Bonchev–Trinajstić information content (AvgIpc) is 3.29. The lowest BCUT2D eigenvalue weighted by molar-refractivity contribution is 0.0671. The fourth-order valence-electron chi connectivity index (χ4n) is 2.99. The van der Waals surface area contributed by atoms with Crippen LogP contribution in [0, 0.1) is 0 Å². The highest BCUT2D eigenvalue weighted by molar-refractivity contribution is 6.32. The first-order valence-corrected chi connectivity index (χ1v) is 9.16. The molecule has 0 saturated carbocycles. The second-order valence-corrected chi connectivity index (χ2v) is 6.52. The number of imidazole rings is 1. The summed E-state index contributed by atoms with van der Waals surface area (Å²) < 4.78 is 26.7. The van der Waals surface area contributed by atoms with Crippen molar-refractivity contribution in [2.75, 3.05) is 24.5 Å². The van der Waals surface area contributed by atoms with Crippen molar-refractivity contribution in [1.82, 2.24) is 25.2 Å². The van der Waals surface area contributed by atoms with Crippen LogP contribution in [0.25, 0.3) is 0 Å². The van der Waals surface area contributed by atoms with Crippen LogP contribution in [0.4, 0.5) is 14.6 Å². The van der Waals surface area contributed by atoms with Crippen molar-refractivity contribution in [3.05, 3.63) is 41.6 Å². The van der Waals surface area contributed by atoms with Gasteiger partial charge in [-0.25, -0.2) is 15.0 Å². The maximum absolute atomic E-state index is 12.9. The molecule has 1 aliphatic rings. The number of anilines is 1. The van der Waals surface area contributed by atoms with Gasteiger partial charge in [-0.05, 0) is 25.5 Å². The number of rotatable bonds is 6. The highest BCUT2D eigenvalue weighted by atomic mass is 35.5. The topological polar surface area (TPSA) is 70.4 Å². The lowest BCUT2D eigenvalue weighted by Crippen LogP contribution is -2.44. The fraction of sp³-hybridized carbons (Fsp3) is 0.471. The summed E-state index contributed by atoms with van der Waals surface area (Å²) in [7, 11) is 0. The molecule has 3 rings (SSSR count). The van der Waals surface area contributed by atoms with Crippen LogP contribution in [-0.4, -0.2) is 46.2 Å². The molecule has 146 valence electrons. The van der Waals surface area contributed by atoms with Crippen molar-refractivity contribution < 1.29 is 8.78 Å². The second kappa shape index (κ2) is 8.98. The maximum atomic E-state index is 12.9. The number of nitrogens with zero attached hydrogens (tertiary/aromatic N) is 5. The van der Waals surface area contributed by atoms with Crippen LogP contribution in [0.3, 0.4) is 0 Å². The van der Waals surface area contributed by atoms with Gasteiger partial charge in [-0.3, -0.25) is 4.57 Å². The van der Waals surface area contributed by atoms with E-state index in [1.807, 2.05) is 13.0 Å².